The lowest BCUT2D eigenvalue weighted by Crippen LogP contribution is -2.41. The molecule has 4 rings (SSSR count). The summed E-state index contributed by atoms with van der Waals surface area (Å²) in [5.41, 5.74) is 5.73. The minimum atomic E-state index is -0.0147. The van der Waals surface area contributed by atoms with Crippen LogP contribution in [0.3, 0.4) is 0 Å². The first-order valence-electron chi connectivity index (χ1n) is 11.7. The predicted molar refractivity (Wildman–Crippen MR) is 126 cm³/mol. The third-order valence-corrected chi connectivity index (χ3v) is 7.69. The molecule has 3 aliphatic rings. The number of benzene rings is 1. The van der Waals surface area contributed by atoms with Crippen molar-refractivity contribution in [3.63, 3.8) is 0 Å². The van der Waals surface area contributed by atoms with Crippen molar-refractivity contribution >= 4 is 11.7 Å². The van der Waals surface area contributed by atoms with Gasteiger partial charge in [0.15, 0.2) is 5.78 Å². The molecule has 0 radical (unpaired) electrons. The number of amides is 1. The number of nitrogens with zero attached hydrogens (tertiary/aromatic N) is 1. The summed E-state index contributed by atoms with van der Waals surface area (Å²) in [5, 5.41) is 0. The minimum Gasteiger partial charge on any atom is -0.332 e. The quantitative estimate of drug-likeness (QED) is 0.581. The highest BCUT2D eigenvalue weighted by Gasteiger charge is 2.49. The lowest BCUT2D eigenvalue weighted by molar-refractivity contribution is -0.127. The van der Waals surface area contributed by atoms with Crippen molar-refractivity contribution < 1.29 is 9.59 Å². The number of carbonyl (C=O) groups is 2. The lowest BCUT2D eigenvalue weighted by atomic mass is 9.62. The van der Waals surface area contributed by atoms with Crippen LogP contribution in [0.5, 0.6) is 0 Å². The van der Waals surface area contributed by atoms with Crippen molar-refractivity contribution in [2.45, 2.75) is 71.8 Å². The summed E-state index contributed by atoms with van der Waals surface area (Å²) in [6, 6.07) is 10.5. The summed E-state index contributed by atoms with van der Waals surface area (Å²) in [5.74, 6) is 0.883. The van der Waals surface area contributed by atoms with E-state index in [0.717, 1.165) is 61.8 Å². The van der Waals surface area contributed by atoms with Gasteiger partial charge in [-0.25, -0.2) is 0 Å². The Morgan fingerprint density at radius 1 is 1.10 bits per heavy atom. The first-order valence-corrected chi connectivity index (χ1v) is 11.7. The van der Waals surface area contributed by atoms with E-state index in [2.05, 4.69) is 49.6 Å². The fourth-order valence-electron chi connectivity index (χ4n) is 6.02. The minimum absolute atomic E-state index is 0.0147. The van der Waals surface area contributed by atoms with Crippen LogP contribution in [0.1, 0.15) is 64.9 Å². The van der Waals surface area contributed by atoms with Crippen LogP contribution in [0.25, 0.3) is 0 Å². The maximum atomic E-state index is 13.6. The van der Waals surface area contributed by atoms with Gasteiger partial charge >= 0.3 is 0 Å². The van der Waals surface area contributed by atoms with Gasteiger partial charge in [-0.1, -0.05) is 61.9 Å². The Bertz CT molecular complexity index is 950. The topological polar surface area (TPSA) is 37.4 Å². The van der Waals surface area contributed by atoms with Crippen LogP contribution in [0.15, 0.2) is 65.3 Å². The molecule has 0 N–H and O–H groups in total. The van der Waals surface area contributed by atoms with E-state index in [9.17, 15) is 9.59 Å². The van der Waals surface area contributed by atoms with Gasteiger partial charge in [-0.2, -0.15) is 0 Å². The van der Waals surface area contributed by atoms with Gasteiger partial charge in [-0.05, 0) is 74.0 Å². The highest BCUT2D eigenvalue weighted by atomic mass is 16.2. The molecule has 1 aliphatic heterocycles. The normalized spacial score (nSPS) is 28.2. The van der Waals surface area contributed by atoms with Gasteiger partial charge in [0.2, 0.25) is 5.91 Å². The second-order valence-corrected chi connectivity index (χ2v) is 10.2. The number of hydrogen-bond acceptors (Lipinski definition) is 2. The first-order chi connectivity index (χ1) is 14.8. The molecular formula is C28H35NO2. The molecule has 0 unspecified atom stereocenters. The van der Waals surface area contributed by atoms with Crippen LogP contribution in [0.2, 0.25) is 0 Å². The Morgan fingerprint density at radius 3 is 2.55 bits per heavy atom. The van der Waals surface area contributed by atoms with E-state index < -0.39 is 0 Å². The molecular weight excluding hydrogens is 382 g/mol. The number of ketones is 1. The molecule has 1 aromatic carbocycles. The highest BCUT2D eigenvalue weighted by molar-refractivity contribution is 5.98. The SMILES string of the molecule is C=C1CC[C@@H]2CCC3=C([C@@H](C/C(C)=C/C(=O)C1)N(CCc1ccccc1)C3=O)C2(C)C. The Morgan fingerprint density at radius 2 is 1.81 bits per heavy atom. The predicted octanol–water partition coefficient (Wildman–Crippen LogP) is 5.82. The van der Waals surface area contributed by atoms with E-state index in [4.69, 9.17) is 0 Å². The van der Waals surface area contributed by atoms with Crippen LogP contribution >= 0.6 is 0 Å². The number of fused-ring (bicyclic) bond motifs is 1. The van der Waals surface area contributed by atoms with Crippen molar-refractivity contribution in [2.24, 2.45) is 11.3 Å². The van der Waals surface area contributed by atoms with Crippen LogP contribution in [-0.2, 0) is 16.0 Å². The van der Waals surface area contributed by atoms with Gasteiger partial charge in [-0.15, -0.1) is 0 Å². The summed E-state index contributed by atoms with van der Waals surface area (Å²) in [7, 11) is 0. The van der Waals surface area contributed by atoms with Gasteiger partial charge in [0, 0.05) is 18.5 Å². The van der Waals surface area contributed by atoms with Crippen molar-refractivity contribution in [1.82, 2.24) is 4.90 Å². The molecule has 2 bridgehead atoms. The Hall–Kier alpha value is -2.42. The summed E-state index contributed by atoms with van der Waals surface area (Å²) >= 11 is 0. The monoisotopic (exact) mass is 417 g/mol. The summed E-state index contributed by atoms with van der Waals surface area (Å²) in [6.45, 7) is 11.6. The lowest BCUT2D eigenvalue weighted by Gasteiger charge is -2.43. The molecule has 1 amide bonds. The zero-order valence-corrected chi connectivity index (χ0v) is 19.2. The van der Waals surface area contributed by atoms with Crippen molar-refractivity contribution in [3.8, 4) is 0 Å². The fraction of sp³-hybridized carbons (Fsp3) is 0.500. The smallest absolute Gasteiger partial charge is 0.250 e. The second-order valence-electron chi connectivity index (χ2n) is 10.2. The molecule has 1 heterocycles. The third kappa shape index (κ3) is 4.33. The summed E-state index contributed by atoms with van der Waals surface area (Å²) < 4.78 is 0. The molecule has 0 aromatic heterocycles. The summed E-state index contributed by atoms with van der Waals surface area (Å²) in [4.78, 5) is 28.2. The number of hydrogen-bond donors (Lipinski definition) is 0. The van der Waals surface area contributed by atoms with Crippen LogP contribution < -0.4 is 0 Å². The van der Waals surface area contributed by atoms with Gasteiger partial charge in [0.1, 0.15) is 0 Å². The largest absolute Gasteiger partial charge is 0.332 e. The second kappa shape index (κ2) is 8.61. The average Bonchev–Trinajstić information content (AvgIpc) is 2.97. The van der Waals surface area contributed by atoms with Crippen LogP contribution in [0, 0.1) is 11.3 Å². The molecule has 1 aromatic rings. The van der Waals surface area contributed by atoms with E-state index >= 15 is 0 Å². The standard InChI is InChI=1S/C28H35NO2/c1-19-10-11-22-12-13-24-26(28(22,3)4)25(18-20(2)17-23(30)16-19)29(27(24)31)15-14-21-8-6-5-7-9-21/h5-9,17,22,25H,1,10-16,18H2,2-4H3/b20-17+/t22-,25-/m1/s1. The van der Waals surface area contributed by atoms with Crippen molar-refractivity contribution in [2.75, 3.05) is 6.54 Å². The number of carbonyl (C=O) groups excluding carboxylic acids is 2. The zero-order valence-electron chi connectivity index (χ0n) is 19.2. The molecule has 3 heteroatoms. The molecule has 31 heavy (non-hydrogen) atoms. The third-order valence-electron chi connectivity index (χ3n) is 7.69. The molecule has 2 atom stereocenters. The van der Waals surface area contributed by atoms with E-state index in [1.54, 1.807) is 6.08 Å². The number of allylic oxidation sites excluding steroid dienone is 2. The van der Waals surface area contributed by atoms with Gasteiger partial charge in [-0.3, -0.25) is 9.59 Å². The van der Waals surface area contributed by atoms with E-state index in [0.29, 0.717) is 12.3 Å². The maximum absolute atomic E-state index is 13.6. The summed E-state index contributed by atoms with van der Waals surface area (Å²) in [6.07, 6.45) is 7.71. The average molecular weight is 418 g/mol. The van der Waals surface area contributed by atoms with Crippen molar-refractivity contribution in [3.05, 3.63) is 70.8 Å². The molecule has 0 saturated heterocycles. The first kappa shape index (κ1) is 21.8. The molecule has 164 valence electrons. The van der Waals surface area contributed by atoms with E-state index in [1.165, 1.54) is 11.1 Å². The fourth-order valence-corrected chi connectivity index (χ4v) is 6.02. The molecule has 3 nitrogen and oxygen atoms in total. The van der Waals surface area contributed by atoms with Crippen LogP contribution in [-0.4, -0.2) is 29.2 Å². The van der Waals surface area contributed by atoms with Crippen LogP contribution in [0.4, 0.5) is 0 Å². The van der Waals surface area contributed by atoms with Gasteiger partial charge in [0.25, 0.3) is 0 Å². The van der Waals surface area contributed by atoms with E-state index in [-0.39, 0.29) is 23.1 Å². The number of rotatable bonds is 3. The zero-order chi connectivity index (χ0) is 22.2. The van der Waals surface area contributed by atoms with Gasteiger partial charge in [0.05, 0.1) is 6.04 Å². The Balaban J connectivity index is 1.70. The van der Waals surface area contributed by atoms with Gasteiger partial charge < -0.3 is 4.90 Å². The molecule has 2 aliphatic carbocycles. The molecule has 0 saturated carbocycles. The van der Waals surface area contributed by atoms with E-state index in [1.807, 2.05) is 13.0 Å². The highest BCUT2D eigenvalue weighted by Crippen LogP contribution is 2.53. The molecule has 0 fully saturated rings. The molecule has 0 spiro atoms. The van der Waals surface area contributed by atoms with Crippen molar-refractivity contribution in [1.29, 1.82) is 0 Å². The Labute approximate surface area is 186 Å². The maximum Gasteiger partial charge on any atom is 0.250 e. The Kier molecular flexibility index (Phi) is 6.05.